The molecule has 7 heteroatoms. The van der Waals surface area contributed by atoms with Crippen molar-refractivity contribution in [3.05, 3.63) is 102 Å². The smallest absolute Gasteiger partial charge is 0.337 e. The summed E-state index contributed by atoms with van der Waals surface area (Å²) < 4.78 is 10.1. The van der Waals surface area contributed by atoms with Gasteiger partial charge in [-0.1, -0.05) is 36.9 Å². The quantitative estimate of drug-likeness (QED) is 0.153. The lowest BCUT2D eigenvalue weighted by Gasteiger charge is -2.15. The summed E-state index contributed by atoms with van der Waals surface area (Å²) in [5.41, 5.74) is 2.56. The molecule has 0 heterocycles. The van der Waals surface area contributed by atoms with Crippen LogP contribution in [-0.4, -0.2) is 36.5 Å². The molecule has 0 saturated heterocycles. The standard InChI is InChI=1S/C25H22N2O5/c1-3-16-32-22-14-12-18(13-15-22)17-4-6-19(7-5-17)23(28)27(26)24(29)20-8-10-21(11-9-20)25(30)31-2/h3-15H,1,16,26H2,2H3. The van der Waals surface area contributed by atoms with Crippen LogP contribution in [0.4, 0.5) is 0 Å². The van der Waals surface area contributed by atoms with Gasteiger partial charge in [0.1, 0.15) is 12.4 Å². The van der Waals surface area contributed by atoms with Crippen molar-refractivity contribution in [1.82, 2.24) is 5.01 Å². The Bertz CT molecular complexity index is 1120. The number of methoxy groups -OCH3 is 1. The number of nitrogens with two attached hydrogens (primary N) is 1. The molecule has 0 aliphatic heterocycles. The number of imide groups is 1. The molecule has 0 spiro atoms. The predicted octanol–water partition coefficient (Wildman–Crippen LogP) is 3.86. The van der Waals surface area contributed by atoms with Crippen LogP contribution in [0.5, 0.6) is 5.75 Å². The third kappa shape index (κ3) is 5.08. The molecule has 0 unspecified atom stereocenters. The van der Waals surface area contributed by atoms with Gasteiger partial charge in [0, 0.05) is 11.1 Å². The topological polar surface area (TPSA) is 98.9 Å². The molecule has 0 radical (unpaired) electrons. The number of ether oxygens (including phenoxy) is 2. The second kappa shape index (κ2) is 10.2. The van der Waals surface area contributed by atoms with E-state index in [2.05, 4.69) is 11.3 Å². The van der Waals surface area contributed by atoms with Crippen LogP contribution in [0.15, 0.2) is 85.5 Å². The van der Waals surface area contributed by atoms with Crippen LogP contribution in [0, 0.1) is 0 Å². The maximum absolute atomic E-state index is 12.7. The van der Waals surface area contributed by atoms with E-state index in [4.69, 9.17) is 10.6 Å². The van der Waals surface area contributed by atoms with Crippen molar-refractivity contribution in [3.8, 4) is 16.9 Å². The van der Waals surface area contributed by atoms with Crippen molar-refractivity contribution in [3.63, 3.8) is 0 Å². The molecule has 2 amide bonds. The fraction of sp³-hybridized carbons (Fsp3) is 0.0800. The fourth-order valence-electron chi connectivity index (χ4n) is 2.94. The second-order valence-corrected chi connectivity index (χ2v) is 6.75. The number of rotatable bonds is 7. The Morgan fingerprint density at radius 3 is 1.72 bits per heavy atom. The van der Waals surface area contributed by atoms with Crippen molar-refractivity contribution >= 4 is 17.8 Å². The Labute approximate surface area is 185 Å². The summed E-state index contributed by atoms with van der Waals surface area (Å²) in [5.74, 6) is 4.65. The van der Waals surface area contributed by atoms with Gasteiger partial charge in [-0.2, -0.15) is 0 Å². The molecular formula is C25H22N2O5. The SMILES string of the molecule is C=CCOc1ccc(-c2ccc(C(=O)N(N)C(=O)c3ccc(C(=O)OC)cc3)cc2)cc1. The highest BCUT2D eigenvalue weighted by Crippen LogP contribution is 2.23. The number of hydrogen-bond donors (Lipinski definition) is 1. The van der Waals surface area contributed by atoms with Gasteiger partial charge in [-0.15, -0.1) is 0 Å². The molecule has 0 aliphatic carbocycles. The Morgan fingerprint density at radius 2 is 1.25 bits per heavy atom. The summed E-state index contributed by atoms with van der Waals surface area (Å²) in [4.78, 5) is 36.7. The monoisotopic (exact) mass is 430 g/mol. The minimum Gasteiger partial charge on any atom is -0.490 e. The van der Waals surface area contributed by atoms with Crippen LogP contribution in [0.25, 0.3) is 11.1 Å². The van der Waals surface area contributed by atoms with Crippen molar-refractivity contribution in [2.45, 2.75) is 0 Å². The Balaban J connectivity index is 1.69. The molecule has 0 aliphatic rings. The third-order valence-corrected chi connectivity index (χ3v) is 4.68. The molecule has 162 valence electrons. The van der Waals surface area contributed by atoms with E-state index < -0.39 is 17.8 Å². The molecule has 3 aromatic rings. The Hall–Kier alpha value is -4.23. The first-order valence-electron chi connectivity index (χ1n) is 9.70. The largest absolute Gasteiger partial charge is 0.490 e. The number of esters is 1. The van der Waals surface area contributed by atoms with Crippen LogP contribution in [0.2, 0.25) is 0 Å². The zero-order valence-corrected chi connectivity index (χ0v) is 17.5. The van der Waals surface area contributed by atoms with Gasteiger partial charge in [0.25, 0.3) is 11.8 Å². The van der Waals surface area contributed by atoms with E-state index in [1.54, 1.807) is 30.3 Å². The van der Waals surface area contributed by atoms with Gasteiger partial charge in [0.2, 0.25) is 0 Å². The van der Waals surface area contributed by atoms with E-state index in [-0.39, 0.29) is 16.7 Å². The van der Waals surface area contributed by atoms with Gasteiger partial charge in [-0.25, -0.2) is 15.6 Å². The molecule has 2 N–H and O–H groups in total. The molecule has 0 fully saturated rings. The lowest BCUT2D eigenvalue weighted by Crippen LogP contribution is -2.42. The number of hydrazine groups is 1. The number of carbonyl (C=O) groups excluding carboxylic acids is 3. The second-order valence-electron chi connectivity index (χ2n) is 6.75. The number of nitrogens with zero attached hydrogens (tertiary/aromatic N) is 1. The molecule has 3 rings (SSSR count). The summed E-state index contributed by atoms with van der Waals surface area (Å²) in [6.45, 7) is 4.04. The average Bonchev–Trinajstić information content (AvgIpc) is 2.86. The molecule has 0 bridgehead atoms. The van der Waals surface area contributed by atoms with E-state index in [0.717, 1.165) is 16.9 Å². The van der Waals surface area contributed by atoms with Crippen LogP contribution >= 0.6 is 0 Å². The van der Waals surface area contributed by atoms with E-state index >= 15 is 0 Å². The van der Waals surface area contributed by atoms with Crippen molar-refractivity contribution in [2.24, 2.45) is 5.84 Å². The summed E-state index contributed by atoms with van der Waals surface area (Å²) in [6, 6.07) is 20.0. The molecule has 0 atom stereocenters. The maximum Gasteiger partial charge on any atom is 0.337 e. The molecule has 0 saturated carbocycles. The van der Waals surface area contributed by atoms with Gasteiger partial charge in [-0.05, 0) is 59.7 Å². The van der Waals surface area contributed by atoms with Crippen LogP contribution < -0.4 is 10.6 Å². The maximum atomic E-state index is 12.7. The van der Waals surface area contributed by atoms with Crippen molar-refractivity contribution in [2.75, 3.05) is 13.7 Å². The number of hydrogen-bond acceptors (Lipinski definition) is 6. The first kappa shape index (κ1) is 22.5. The highest BCUT2D eigenvalue weighted by Gasteiger charge is 2.21. The predicted molar refractivity (Wildman–Crippen MR) is 120 cm³/mol. The third-order valence-electron chi connectivity index (χ3n) is 4.68. The summed E-state index contributed by atoms with van der Waals surface area (Å²) in [5, 5.41) is 0.549. The van der Waals surface area contributed by atoms with Crippen LogP contribution in [0.3, 0.4) is 0 Å². The van der Waals surface area contributed by atoms with Gasteiger partial charge < -0.3 is 9.47 Å². The van der Waals surface area contributed by atoms with Crippen molar-refractivity contribution in [1.29, 1.82) is 0 Å². The summed E-state index contributed by atoms with van der Waals surface area (Å²) in [6.07, 6.45) is 1.67. The first-order chi connectivity index (χ1) is 15.4. The molecule has 0 aromatic heterocycles. The van der Waals surface area contributed by atoms with E-state index in [9.17, 15) is 14.4 Å². The highest BCUT2D eigenvalue weighted by molar-refractivity contribution is 6.10. The summed E-state index contributed by atoms with van der Waals surface area (Å²) in [7, 11) is 1.26. The Kier molecular flexibility index (Phi) is 7.15. The molecule has 7 nitrogen and oxygen atoms in total. The minimum atomic E-state index is -0.689. The average molecular weight is 430 g/mol. The first-order valence-corrected chi connectivity index (χ1v) is 9.70. The lowest BCUT2D eigenvalue weighted by atomic mass is 10.0. The molecule has 32 heavy (non-hydrogen) atoms. The van der Waals surface area contributed by atoms with E-state index in [1.165, 1.54) is 31.4 Å². The molecular weight excluding hydrogens is 408 g/mol. The van der Waals surface area contributed by atoms with Crippen LogP contribution in [0.1, 0.15) is 31.1 Å². The van der Waals surface area contributed by atoms with Crippen LogP contribution in [-0.2, 0) is 4.74 Å². The Morgan fingerprint density at radius 1 is 0.812 bits per heavy atom. The number of amides is 2. The van der Waals surface area contributed by atoms with E-state index in [0.29, 0.717) is 11.6 Å². The lowest BCUT2D eigenvalue weighted by molar-refractivity contribution is 0.0591. The van der Waals surface area contributed by atoms with Gasteiger partial charge in [0.15, 0.2) is 0 Å². The zero-order chi connectivity index (χ0) is 23.1. The summed E-state index contributed by atoms with van der Waals surface area (Å²) >= 11 is 0. The van der Waals surface area contributed by atoms with Gasteiger partial charge >= 0.3 is 5.97 Å². The van der Waals surface area contributed by atoms with Gasteiger partial charge in [0.05, 0.1) is 12.7 Å². The molecule has 3 aromatic carbocycles. The number of carbonyl (C=O) groups is 3. The number of benzene rings is 3. The van der Waals surface area contributed by atoms with Crippen molar-refractivity contribution < 1.29 is 23.9 Å². The zero-order valence-electron chi connectivity index (χ0n) is 17.5. The van der Waals surface area contributed by atoms with Gasteiger partial charge in [-0.3, -0.25) is 9.59 Å². The minimum absolute atomic E-state index is 0.170. The van der Waals surface area contributed by atoms with E-state index in [1.807, 2.05) is 24.3 Å². The normalized spacial score (nSPS) is 10.2. The highest BCUT2D eigenvalue weighted by atomic mass is 16.5. The fourth-order valence-corrected chi connectivity index (χ4v) is 2.94.